The number of carbonyl (C=O) groups excluding carboxylic acids is 3. The maximum atomic E-state index is 12.7. The fourth-order valence-corrected chi connectivity index (χ4v) is 3.04. The topological polar surface area (TPSA) is 87.7 Å². The van der Waals surface area contributed by atoms with Gasteiger partial charge in [0.15, 0.2) is 0 Å². The van der Waals surface area contributed by atoms with Crippen LogP contribution in [0.15, 0.2) is 24.3 Å². The minimum atomic E-state index is -0.595. The highest BCUT2D eigenvalue weighted by atomic mass is 16.6. The molecule has 0 bridgehead atoms. The Morgan fingerprint density at radius 1 is 1.14 bits per heavy atom. The maximum Gasteiger partial charge on any atom is 0.410 e. The summed E-state index contributed by atoms with van der Waals surface area (Å²) in [4.78, 5) is 38.5. The van der Waals surface area contributed by atoms with Gasteiger partial charge in [-0.25, -0.2) is 4.79 Å². The Bertz CT molecular complexity index is 723. The van der Waals surface area contributed by atoms with Gasteiger partial charge in [-0.15, -0.1) is 0 Å². The van der Waals surface area contributed by atoms with E-state index in [0.717, 1.165) is 24.1 Å². The summed E-state index contributed by atoms with van der Waals surface area (Å²) in [5.74, 6) is -0.296. The number of hydrogen-bond acceptors (Lipinski definition) is 4. The van der Waals surface area contributed by atoms with E-state index >= 15 is 0 Å². The first-order valence-electron chi connectivity index (χ1n) is 10.2. The van der Waals surface area contributed by atoms with Crippen LogP contribution in [0, 0.1) is 5.92 Å². The fourth-order valence-electron chi connectivity index (χ4n) is 3.04. The predicted octanol–water partition coefficient (Wildman–Crippen LogP) is 3.69. The zero-order chi connectivity index (χ0) is 21.6. The van der Waals surface area contributed by atoms with Crippen molar-refractivity contribution in [2.75, 3.05) is 11.9 Å². The van der Waals surface area contributed by atoms with E-state index in [2.05, 4.69) is 10.6 Å². The first kappa shape index (κ1) is 22.7. The molecule has 0 aliphatic carbocycles. The summed E-state index contributed by atoms with van der Waals surface area (Å²) in [7, 11) is 0. The number of likely N-dealkylation sites (tertiary alicyclic amines) is 1. The van der Waals surface area contributed by atoms with Crippen LogP contribution < -0.4 is 10.6 Å². The van der Waals surface area contributed by atoms with E-state index in [9.17, 15) is 14.4 Å². The summed E-state index contributed by atoms with van der Waals surface area (Å²) in [6, 6.07) is 6.85. The van der Waals surface area contributed by atoms with Gasteiger partial charge in [0.05, 0.1) is 0 Å². The van der Waals surface area contributed by atoms with Gasteiger partial charge in [0.2, 0.25) is 11.8 Å². The van der Waals surface area contributed by atoms with Crippen LogP contribution in [-0.2, 0) is 20.9 Å². The van der Waals surface area contributed by atoms with Gasteiger partial charge in [-0.2, -0.15) is 0 Å². The third kappa shape index (κ3) is 7.07. The zero-order valence-electron chi connectivity index (χ0n) is 18.1. The van der Waals surface area contributed by atoms with Crippen molar-refractivity contribution in [2.45, 2.75) is 72.1 Å². The van der Waals surface area contributed by atoms with Crippen LogP contribution in [0.4, 0.5) is 10.5 Å². The van der Waals surface area contributed by atoms with Crippen molar-refractivity contribution >= 4 is 23.6 Å². The summed E-state index contributed by atoms with van der Waals surface area (Å²) in [5, 5.41) is 5.76. The lowest BCUT2D eigenvalue weighted by Gasteiger charge is -2.35. The van der Waals surface area contributed by atoms with Crippen LogP contribution in [0.25, 0.3) is 0 Å². The Balaban J connectivity index is 1.93. The van der Waals surface area contributed by atoms with Crippen molar-refractivity contribution in [1.29, 1.82) is 0 Å². The standard InChI is InChI=1S/C22H33N3O4/c1-15(2)19(26)24-17-11-9-16(10-12-17)14-23-20(27)18-8-6-7-13-25(18)21(28)29-22(3,4)5/h9-12,15,18H,6-8,13-14H2,1-5H3,(H,23,27)(H,24,26). The summed E-state index contributed by atoms with van der Waals surface area (Å²) in [6.45, 7) is 10.0. The summed E-state index contributed by atoms with van der Waals surface area (Å²) in [6.07, 6.45) is 1.96. The molecule has 1 aliphatic heterocycles. The van der Waals surface area contributed by atoms with Crippen LogP contribution in [0.1, 0.15) is 59.4 Å². The van der Waals surface area contributed by atoms with Crippen LogP contribution >= 0.6 is 0 Å². The second-order valence-electron chi connectivity index (χ2n) is 8.74. The van der Waals surface area contributed by atoms with Crippen molar-refractivity contribution in [3.8, 4) is 0 Å². The largest absolute Gasteiger partial charge is 0.444 e. The van der Waals surface area contributed by atoms with Crippen molar-refractivity contribution in [3.05, 3.63) is 29.8 Å². The van der Waals surface area contributed by atoms with Gasteiger partial charge < -0.3 is 15.4 Å². The van der Waals surface area contributed by atoms with E-state index < -0.39 is 17.7 Å². The zero-order valence-corrected chi connectivity index (χ0v) is 18.1. The molecule has 1 aliphatic rings. The number of rotatable bonds is 5. The quantitative estimate of drug-likeness (QED) is 0.785. The average molecular weight is 404 g/mol. The second-order valence-corrected chi connectivity index (χ2v) is 8.74. The Kier molecular flexibility index (Phi) is 7.65. The first-order chi connectivity index (χ1) is 13.6. The minimum Gasteiger partial charge on any atom is -0.444 e. The van der Waals surface area contributed by atoms with E-state index in [1.54, 1.807) is 0 Å². The number of piperidine rings is 1. The number of anilines is 1. The monoisotopic (exact) mass is 403 g/mol. The Labute approximate surface area is 173 Å². The molecule has 1 aromatic rings. The summed E-state index contributed by atoms with van der Waals surface area (Å²) < 4.78 is 5.45. The highest BCUT2D eigenvalue weighted by Crippen LogP contribution is 2.21. The van der Waals surface area contributed by atoms with E-state index in [-0.39, 0.29) is 17.7 Å². The number of benzene rings is 1. The number of nitrogens with one attached hydrogen (secondary N) is 2. The van der Waals surface area contributed by atoms with Gasteiger partial charge in [-0.3, -0.25) is 14.5 Å². The molecule has 160 valence electrons. The Morgan fingerprint density at radius 2 is 1.79 bits per heavy atom. The number of carbonyl (C=O) groups is 3. The number of ether oxygens (including phenoxy) is 1. The summed E-state index contributed by atoms with van der Waals surface area (Å²) >= 11 is 0. The summed E-state index contributed by atoms with van der Waals surface area (Å²) in [5.41, 5.74) is 1.05. The van der Waals surface area contributed by atoms with Crippen molar-refractivity contribution < 1.29 is 19.1 Å². The maximum absolute atomic E-state index is 12.7. The molecule has 1 heterocycles. The van der Waals surface area contributed by atoms with E-state index in [1.165, 1.54) is 4.90 Å². The number of amides is 3. The smallest absolute Gasteiger partial charge is 0.410 e. The molecule has 0 saturated carbocycles. The molecule has 2 rings (SSSR count). The third-order valence-corrected chi connectivity index (χ3v) is 4.65. The van der Waals surface area contributed by atoms with E-state index in [1.807, 2.05) is 58.9 Å². The molecule has 1 atom stereocenters. The lowest BCUT2D eigenvalue weighted by atomic mass is 10.0. The molecule has 7 heteroatoms. The number of nitrogens with zero attached hydrogens (tertiary/aromatic N) is 1. The van der Waals surface area contributed by atoms with E-state index in [4.69, 9.17) is 4.74 Å². The molecule has 1 fully saturated rings. The highest BCUT2D eigenvalue weighted by Gasteiger charge is 2.34. The Hall–Kier alpha value is -2.57. The van der Waals surface area contributed by atoms with Crippen LogP contribution in [-0.4, -0.2) is 41.0 Å². The Morgan fingerprint density at radius 3 is 2.38 bits per heavy atom. The average Bonchev–Trinajstić information content (AvgIpc) is 2.65. The SMILES string of the molecule is CC(C)C(=O)Nc1ccc(CNC(=O)C2CCCCN2C(=O)OC(C)(C)C)cc1. The number of hydrogen-bond donors (Lipinski definition) is 2. The molecule has 3 amide bonds. The predicted molar refractivity (Wildman–Crippen MR) is 112 cm³/mol. The highest BCUT2D eigenvalue weighted by molar-refractivity contribution is 5.92. The molecule has 7 nitrogen and oxygen atoms in total. The molecule has 0 radical (unpaired) electrons. The van der Waals surface area contributed by atoms with Gasteiger partial charge in [0, 0.05) is 24.7 Å². The van der Waals surface area contributed by atoms with Crippen molar-refractivity contribution in [1.82, 2.24) is 10.2 Å². The fraction of sp³-hybridized carbons (Fsp3) is 0.591. The van der Waals surface area contributed by atoms with Gasteiger partial charge in [-0.1, -0.05) is 26.0 Å². The first-order valence-corrected chi connectivity index (χ1v) is 10.2. The molecule has 0 aromatic heterocycles. The van der Waals surface area contributed by atoms with Gasteiger partial charge in [0.25, 0.3) is 0 Å². The molecule has 1 unspecified atom stereocenters. The van der Waals surface area contributed by atoms with E-state index in [0.29, 0.717) is 19.5 Å². The van der Waals surface area contributed by atoms with Crippen LogP contribution in [0.5, 0.6) is 0 Å². The van der Waals surface area contributed by atoms with Crippen molar-refractivity contribution in [3.63, 3.8) is 0 Å². The normalized spacial score (nSPS) is 17.0. The molecule has 1 aromatic carbocycles. The van der Waals surface area contributed by atoms with Gasteiger partial charge >= 0.3 is 6.09 Å². The van der Waals surface area contributed by atoms with Gasteiger partial charge in [0.1, 0.15) is 11.6 Å². The molecular formula is C22H33N3O4. The third-order valence-electron chi connectivity index (χ3n) is 4.65. The van der Waals surface area contributed by atoms with Gasteiger partial charge in [-0.05, 0) is 57.7 Å². The molecule has 29 heavy (non-hydrogen) atoms. The molecule has 0 spiro atoms. The molecule has 2 N–H and O–H groups in total. The minimum absolute atomic E-state index is 0.0365. The van der Waals surface area contributed by atoms with Crippen molar-refractivity contribution in [2.24, 2.45) is 5.92 Å². The molecule has 1 saturated heterocycles. The second kappa shape index (κ2) is 9.76. The van der Waals surface area contributed by atoms with Crippen LogP contribution in [0.2, 0.25) is 0 Å². The lowest BCUT2D eigenvalue weighted by molar-refractivity contribution is -0.127. The van der Waals surface area contributed by atoms with Crippen LogP contribution in [0.3, 0.4) is 0 Å². The lowest BCUT2D eigenvalue weighted by Crippen LogP contribution is -2.52. The molecular weight excluding hydrogens is 370 g/mol.